The summed E-state index contributed by atoms with van der Waals surface area (Å²) in [6.07, 6.45) is 2.23. The second kappa shape index (κ2) is 6.66. The topological polar surface area (TPSA) is 70.0 Å². The van der Waals surface area contributed by atoms with E-state index in [1.807, 2.05) is 24.5 Å². The molecule has 2 rings (SSSR count). The van der Waals surface area contributed by atoms with Gasteiger partial charge < -0.3 is 0 Å². The number of hydrogen-bond acceptors (Lipinski definition) is 4. The number of rotatable bonds is 5. The highest BCUT2D eigenvalue weighted by atomic mass is 32.2. The zero-order chi connectivity index (χ0) is 15.3. The monoisotopic (exact) mass is 318 g/mol. The number of sulfonamides is 1. The van der Waals surface area contributed by atoms with Crippen molar-refractivity contribution in [1.82, 2.24) is 0 Å². The lowest BCUT2D eigenvalue weighted by Gasteiger charge is -2.09. The zero-order valence-corrected chi connectivity index (χ0v) is 13.0. The maximum Gasteiger partial charge on any atom is 0.261 e. The van der Waals surface area contributed by atoms with Crippen molar-refractivity contribution in [3.8, 4) is 6.07 Å². The molecule has 0 spiro atoms. The fraction of sp³-hybridized carbons (Fsp3) is 0.133. The van der Waals surface area contributed by atoms with E-state index in [2.05, 4.69) is 4.72 Å². The summed E-state index contributed by atoms with van der Waals surface area (Å²) in [6, 6.07) is 15.5. The summed E-state index contributed by atoms with van der Waals surface area (Å²) in [7, 11) is -3.60. The van der Waals surface area contributed by atoms with E-state index in [4.69, 9.17) is 5.26 Å². The van der Waals surface area contributed by atoms with Gasteiger partial charge in [-0.3, -0.25) is 4.72 Å². The van der Waals surface area contributed by atoms with Gasteiger partial charge >= 0.3 is 0 Å². The molecule has 0 aliphatic carbocycles. The highest BCUT2D eigenvalue weighted by Gasteiger charge is 2.13. The minimum Gasteiger partial charge on any atom is -0.280 e. The summed E-state index contributed by atoms with van der Waals surface area (Å²) in [5, 5.41) is 8.60. The van der Waals surface area contributed by atoms with E-state index in [-0.39, 0.29) is 11.3 Å². The Hall–Kier alpha value is -1.97. The molecule has 2 aromatic rings. The third-order valence-corrected chi connectivity index (χ3v) is 5.00. The number of nitrogens with zero attached hydrogens (tertiary/aromatic N) is 1. The quantitative estimate of drug-likeness (QED) is 0.859. The van der Waals surface area contributed by atoms with Gasteiger partial charge in [0.1, 0.15) is 0 Å². The van der Waals surface area contributed by atoms with Gasteiger partial charge in [0, 0.05) is 10.6 Å². The van der Waals surface area contributed by atoms with Gasteiger partial charge in [0.15, 0.2) is 0 Å². The summed E-state index contributed by atoms with van der Waals surface area (Å²) in [6.45, 7) is 0. The Bertz CT molecular complexity index is 746. The Morgan fingerprint density at radius 3 is 2.24 bits per heavy atom. The third kappa shape index (κ3) is 4.00. The van der Waals surface area contributed by atoms with Crippen molar-refractivity contribution in [1.29, 1.82) is 5.26 Å². The molecule has 6 heteroatoms. The molecule has 4 nitrogen and oxygen atoms in total. The van der Waals surface area contributed by atoms with Crippen LogP contribution in [0.4, 0.5) is 5.69 Å². The number of nitriles is 1. The van der Waals surface area contributed by atoms with Crippen LogP contribution in [0.25, 0.3) is 0 Å². The van der Waals surface area contributed by atoms with Crippen LogP contribution in [0.3, 0.4) is 0 Å². The number of benzene rings is 2. The van der Waals surface area contributed by atoms with Gasteiger partial charge in [-0.1, -0.05) is 12.1 Å². The fourth-order valence-corrected chi connectivity index (χ4v) is 3.22. The Morgan fingerprint density at radius 1 is 1.10 bits per heavy atom. The lowest BCUT2D eigenvalue weighted by molar-refractivity contribution is 0.601. The maximum absolute atomic E-state index is 12.2. The van der Waals surface area contributed by atoms with Crippen molar-refractivity contribution in [2.24, 2.45) is 0 Å². The number of nitrogens with one attached hydrogen (secondary N) is 1. The molecule has 2 aromatic carbocycles. The Labute approximate surface area is 128 Å². The van der Waals surface area contributed by atoms with Crippen molar-refractivity contribution in [2.75, 3.05) is 11.0 Å². The van der Waals surface area contributed by atoms with E-state index < -0.39 is 10.0 Å². The van der Waals surface area contributed by atoms with E-state index >= 15 is 0 Å². The Kier molecular flexibility index (Phi) is 4.89. The second-order valence-corrected chi connectivity index (χ2v) is 6.87. The molecular weight excluding hydrogens is 304 g/mol. The predicted octanol–water partition coefficient (Wildman–Crippen LogP) is 3.28. The highest BCUT2D eigenvalue weighted by Crippen LogP contribution is 2.20. The molecule has 0 aliphatic rings. The summed E-state index contributed by atoms with van der Waals surface area (Å²) < 4.78 is 27.0. The van der Waals surface area contributed by atoms with Crippen molar-refractivity contribution < 1.29 is 8.42 Å². The van der Waals surface area contributed by atoms with E-state index in [9.17, 15) is 8.42 Å². The van der Waals surface area contributed by atoms with E-state index in [1.54, 1.807) is 36.0 Å². The van der Waals surface area contributed by atoms with Crippen LogP contribution in [0.5, 0.6) is 0 Å². The molecule has 0 radical (unpaired) electrons. The molecule has 0 aliphatic heterocycles. The van der Waals surface area contributed by atoms with Crippen LogP contribution in [0.2, 0.25) is 0 Å². The molecule has 0 unspecified atom stereocenters. The van der Waals surface area contributed by atoms with Crippen molar-refractivity contribution >= 4 is 27.5 Å². The first-order valence-corrected chi connectivity index (χ1v) is 8.89. The highest BCUT2D eigenvalue weighted by molar-refractivity contribution is 7.98. The standard InChI is InChI=1S/C15H14N2O2S2/c1-20-14-6-4-13(5-7-14)17-21(18,19)15-8-2-12(3-9-15)10-11-16/h2-9,17H,10H2,1H3. The molecule has 0 amide bonds. The number of hydrogen-bond donors (Lipinski definition) is 1. The molecule has 0 bridgehead atoms. The zero-order valence-electron chi connectivity index (χ0n) is 11.4. The largest absolute Gasteiger partial charge is 0.280 e. The number of anilines is 1. The molecule has 0 saturated heterocycles. The summed E-state index contributed by atoms with van der Waals surface area (Å²) in [5.74, 6) is 0. The van der Waals surface area contributed by atoms with Gasteiger partial charge in [-0.05, 0) is 48.2 Å². The van der Waals surface area contributed by atoms with Gasteiger partial charge in [-0.15, -0.1) is 11.8 Å². The van der Waals surface area contributed by atoms with E-state index in [0.29, 0.717) is 5.69 Å². The molecule has 0 atom stereocenters. The third-order valence-electron chi connectivity index (χ3n) is 2.86. The average molecular weight is 318 g/mol. The first-order chi connectivity index (χ1) is 10.0. The van der Waals surface area contributed by atoms with Crippen molar-refractivity contribution in [3.63, 3.8) is 0 Å². The van der Waals surface area contributed by atoms with Crippen molar-refractivity contribution in [3.05, 3.63) is 54.1 Å². The summed E-state index contributed by atoms with van der Waals surface area (Å²) in [4.78, 5) is 1.25. The first-order valence-electron chi connectivity index (χ1n) is 6.18. The lowest BCUT2D eigenvalue weighted by Crippen LogP contribution is -2.12. The second-order valence-electron chi connectivity index (χ2n) is 4.31. The van der Waals surface area contributed by atoms with Crippen LogP contribution in [0, 0.1) is 11.3 Å². The maximum atomic E-state index is 12.2. The predicted molar refractivity (Wildman–Crippen MR) is 84.8 cm³/mol. The van der Waals surface area contributed by atoms with Crippen LogP contribution >= 0.6 is 11.8 Å². The molecule has 0 saturated carbocycles. The van der Waals surface area contributed by atoms with Crippen LogP contribution in [0.15, 0.2) is 58.3 Å². The first kappa shape index (κ1) is 15.4. The van der Waals surface area contributed by atoms with Gasteiger partial charge in [-0.25, -0.2) is 8.42 Å². The normalized spacial score (nSPS) is 10.9. The van der Waals surface area contributed by atoms with Crippen LogP contribution in [0.1, 0.15) is 5.56 Å². The molecule has 21 heavy (non-hydrogen) atoms. The summed E-state index contributed by atoms with van der Waals surface area (Å²) in [5.41, 5.74) is 1.31. The Balaban J connectivity index is 2.19. The fourth-order valence-electron chi connectivity index (χ4n) is 1.75. The van der Waals surface area contributed by atoms with Gasteiger partial charge in [0.2, 0.25) is 0 Å². The molecular formula is C15H14N2O2S2. The van der Waals surface area contributed by atoms with Crippen LogP contribution < -0.4 is 4.72 Å². The minimum absolute atomic E-state index is 0.179. The van der Waals surface area contributed by atoms with Crippen molar-refractivity contribution in [2.45, 2.75) is 16.2 Å². The van der Waals surface area contributed by atoms with Gasteiger partial charge in [0.25, 0.3) is 10.0 Å². The smallest absolute Gasteiger partial charge is 0.261 e. The average Bonchev–Trinajstić information content (AvgIpc) is 2.48. The molecule has 0 heterocycles. The molecule has 0 fully saturated rings. The molecule has 1 N–H and O–H groups in total. The molecule has 108 valence electrons. The van der Waals surface area contributed by atoms with Gasteiger partial charge in [0.05, 0.1) is 17.4 Å². The van der Waals surface area contributed by atoms with Crippen LogP contribution in [-0.4, -0.2) is 14.7 Å². The van der Waals surface area contributed by atoms with Crippen LogP contribution in [-0.2, 0) is 16.4 Å². The number of thioether (sulfide) groups is 1. The minimum atomic E-state index is -3.60. The summed E-state index contributed by atoms with van der Waals surface area (Å²) >= 11 is 1.59. The van der Waals surface area contributed by atoms with Gasteiger partial charge in [-0.2, -0.15) is 5.26 Å². The Morgan fingerprint density at radius 2 is 1.71 bits per heavy atom. The van der Waals surface area contributed by atoms with E-state index in [1.165, 1.54) is 12.1 Å². The lowest BCUT2D eigenvalue weighted by atomic mass is 10.2. The SMILES string of the molecule is CSc1ccc(NS(=O)(=O)c2ccc(CC#N)cc2)cc1. The molecule has 0 aromatic heterocycles. The van der Waals surface area contributed by atoms with E-state index in [0.717, 1.165) is 10.5 Å².